The van der Waals surface area contributed by atoms with Gasteiger partial charge in [-0.3, -0.25) is 14.8 Å². The molecule has 0 amide bonds. The van der Waals surface area contributed by atoms with Crippen molar-refractivity contribution in [3.8, 4) is 5.75 Å². The lowest BCUT2D eigenvalue weighted by Gasteiger charge is -2.26. The van der Waals surface area contributed by atoms with E-state index in [0.717, 1.165) is 23.0 Å². The van der Waals surface area contributed by atoms with Crippen molar-refractivity contribution in [2.24, 2.45) is 15.4 Å². The highest BCUT2D eigenvalue weighted by Crippen LogP contribution is 2.47. The summed E-state index contributed by atoms with van der Waals surface area (Å²) in [5.74, 6) is -0.187. The molecule has 226 valence electrons. The summed E-state index contributed by atoms with van der Waals surface area (Å²) in [7, 11) is 0. The number of fused-ring (bicyclic) bond motifs is 6. The Morgan fingerprint density at radius 3 is 2.29 bits per heavy atom. The van der Waals surface area contributed by atoms with Crippen molar-refractivity contribution >= 4 is 29.4 Å². The third-order valence-electron chi connectivity index (χ3n) is 8.12. The number of pyridine rings is 1. The molecule has 0 radical (unpaired) electrons. The fourth-order valence-corrected chi connectivity index (χ4v) is 5.84. The number of hydrogen-bond acceptors (Lipinski definition) is 8. The van der Waals surface area contributed by atoms with Crippen molar-refractivity contribution < 1.29 is 22.7 Å². The third kappa shape index (κ3) is 5.01. The van der Waals surface area contributed by atoms with Gasteiger partial charge < -0.3 is 15.0 Å². The first-order valence-electron chi connectivity index (χ1n) is 14.1. The van der Waals surface area contributed by atoms with Gasteiger partial charge in [0.25, 0.3) is 0 Å². The number of hydrogen-bond donors (Lipinski definition) is 2. The predicted molar refractivity (Wildman–Crippen MR) is 161 cm³/mol. The second-order valence-corrected chi connectivity index (χ2v) is 11.7. The number of carbonyl (C=O) groups is 1. The lowest BCUT2D eigenvalue weighted by molar-refractivity contribution is -0.274. The molecule has 4 aliphatic rings. The van der Waals surface area contributed by atoms with Crippen LogP contribution in [0.25, 0.3) is 12.2 Å². The molecule has 7 rings (SSSR count). The summed E-state index contributed by atoms with van der Waals surface area (Å²) in [6.07, 6.45) is 14.2. The van der Waals surface area contributed by atoms with Crippen molar-refractivity contribution in [2.75, 3.05) is 0 Å². The van der Waals surface area contributed by atoms with Crippen LogP contribution in [0.15, 0.2) is 101 Å². The van der Waals surface area contributed by atoms with E-state index >= 15 is 0 Å². The molecule has 2 N–H and O–H groups in total. The van der Waals surface area contributed by atoms with Crippen molar-refractivity contribution in [1.29, 1.82) is 0 Å². The van der Waals surface area contributed by atoms with Gasteiger partial charge in [0, 0.05) is 34.4 Å². The van der Waals surface area contributed by atoms with Crippen LogP contribution in [0.1, 0.15) is 30.9 Å². The second-order valence-electron chi connectivity index (χ2n) is 11.7. The van der Waals surface area contributed by atoms with Crippen molar-refractivity contribution in [3.63, 3.8) is 0 Å². The van der Waals surface area contributed by atoms with E-state index in [1.54, 1.807) is 45.3 Å². The zero-order chi connectivity index (χ0) is 31.6. The lowest BCUT2D eigenvalue weighted by Crippen LogP contribution is -2.42. The number of aryl methyl sites for hydroxylation is 1. The van der Waals surface area contributed by atoms with E-state index < -0.39 is 28.6 Å². The first-order chi connectivity index (χ1) is 21.3. The first-order valence-corrected chi connectivity index (χ1v) is 14.1. The molecule has 7 heterocycles. The van der Waals surface area contributed by atoms with Crippen LogP contribution in [0.4, 0.5) is 13.2 Å². The number of aromatic nitrogens is 4. The molecule has 2 unspecified atom stereocenters. The van der Waals surface area contributed by atoms with Gasteiger partial charge in [-0.2, -0.15) is 0 Å². The number of aliphatic imine (C=N–C) groups is 2. The number of alkyl halides is 3. The first kappa shape index (κ1) is 28.4. The minimum Gasteiger partial charge on any atom is -0.404 e. The number of H-pyrrole nitrogens is 1. The molecule has 45 heavy (non-hydrogen) atoms. The number of allylic oxidation sites excluding steroid dienone is 4. The number of nitrogens with one attached hydrogen (secondary N) is 2. The fourth-order valence-electron chi connectivity index (χ4n) is 5.84. The van der Waals surface area contributed by atoms with E-state index in [9.17, 15) is 18.0 Å². The van der Waals surface area contributed by atoms with E-state index in [-0.39, 0.29) is 11.5 Å². The maximum absolute atomic E-state index is 14.6. The third-order valence-corrected chi connectivity index (χ3v) is 8.12. The summed E-state index contributed by atoms with van der Waals surface area (Å²) in [6.45, 7) is 5.36. The zero-order valence-corrected chi connectivity index (χ0v) is 24.3. The van der Waals surface area contributed by atoms with Gasteiger partial charge in [-0.25, -0.2) is 15.0 Å². The smallest absolute Gasteiger partial charge is 0.404 e. The van der Waals surface area contributed by atoms with Gasteiger partial charge in [0.2, 0.25) is 0 Å². The van der Waals surface area contributed by atoms with E-state index in [2.05, 4.69) is 30.0 Å². The Labute approximate surface area is 255 Å². The van der Waals surface area contributed by atoms with Gasteiger partial charge in [0.1, 0.15) is 17.1 Å². The van der Waals surface area contributed by atoms with E-state index in [0.29, 0.717) is 34.2 Å². The van der Waals surface area contributed by atoms with E-state index in [1.807, 2.05) is 48.6 Å². The van der Waals surface area contributed by atoms with Gasteiger partial charge in [-0.15, -0.1) is 13.2 Å². The Bertz CT molecular complexity index is 2050. The van der Waals surface area contributed by atoms with Crippen molar-refractivity contribution in [1.82, 2.24) is 25.3 Å². The molecule has 0 aromatic carbocycles. The minimum atomic E-state index is -4.89. The number of ketones is 1. The van der Waals surface area contributed by atoms with Crippen LogP contribution in [-0.4, -0.2) is 43.5 Å². The number of Topliss-reactive ketones (excluding diaryl/α,β-unsaturated/α-hetero) is 1. The molecule has 3 aromatic heterocycles. The van der Waals surface area contributed by atoms with Crippen LogP contribution in [0.5, 0.6) is 5.75 Å². The molecule has 0 aliphatic carbocycles. The molecule has 3 aromatic rings. The fraction of sp³-hybridized carbons (Fsp3) is 0.212. The minimum absolute atomic E-state index is 0.175. The summed E-state index contributed by atoms with van der Waals surface area (Å²) < 4.78 is 42.8. The second kappa shape index (κ2) is 9.81. The van der Waals surface area contributed by atoms with Gasteiger partial charge >= 0.3 is 6.36 Å². The molecule has 1 fully saturated rings. The monoisotopic (exact) mass is 609 g/mol. The molecule has 9 nitrogen and oxygen atoms in total. The van der Waals surface area contributed by atoms with Gasteiger partial charge in [0.05, 0.1) is 34.4 Å². The molecule has 8 bridgehead atoms. The summed E-state index contributed by atoms with van der Waals surface area (Å²) in [6, 6.07) is 6.36. The molecule has 1 saturated heterocycles. The summed E-state index contributed by atoms with van der Waals surface area (Å²) in [5, 5.41) is 5.08. The molecule has 0 saturated carbocycles. The van der Waals surface area contributed by atoms with Crippen LogP contribution in [0.2, 0.25) is 0 Å². The highest BCUT2D eigenvalue weighted by molar-refractivity contribution is 6.20. The largest absolute Gasteiger partial charge is 0.573 e. The molecule has 12 heteroatoms. The average Bonchev–Trinajstić information content (AvgIpc) is 3.75. The van der Waals surface area contributed by atoms with Crippen molar-refractivity contribution in [2.45, 2.75) is 38.2 Å². The van der Waals surface area contributed by atoms with Gasteiger partial charge in [-0.1, -0.05) is 0 Å². The van der Waals surface area contributed by atoms with Crippen LogP contribution in [0.3, 0.4) is 0 Å². The Hall–Kier alpha value is -5.39. The number of rotatable bonds is 3. The number of nitrogens with zero attached hydrogens (tertiary/aromatic N) is 5. The summed E-state index contributed by atoms with van der Waals surface area (Å²) in [4.78, 5) is 40.8. The molecule has 0 spiro atoms. The summed E-state index contributed by atoms with van der Waals surface area (Å²) >= 11 is 0. The standard InChI is InChI=1S/C33H26F3N7O2/c1-19-37-16-20(17-38-19)31-11-10-24(42-31)13-23-5-4-21(40-23)12-22-6-7-25(41-22)14-32(29(44)30(2,3)28(15-31)43-32)27-9-8-26(18-39-27)45-33(34,35)36/h4-18,40,43H,1-3H3. The maximum Gasteiger partial charge on any atom is 0.573 e. The molecular weight excluding hydrogens is 583 g/mol. The highest BCUT2D eigenvalue weighted by Gasteiger charge is 2.56. The average molecular weight is 610 g/mol. The Morgan fingerprint density at radius 1 is 0.867 bits per heavy atom. The van der Waals surface area contributed by atoms with Crippen LogP contribution >= 0.6 is 0 Å². The van der Waals surface area contributed by atoms with Crippen LogP contribution in [-0.2, 0) is 15.9 Å². The van der Waals surface area contributed by atoms with Crippen LogP contribution < -0.4 is 20.8 Å². The normalized spacial score (nSPS) is 24.6. The quantitative estimate of drug-likeness (QED) is 0.467. The van der Waals surface area contributed by atoms with E-state index in [1.165, 1.54) is 6.07 Å². The Morgan fingerprint density at radius 2 is 1.60 bits per heavy atom. The number of carbonyl (C=O) groups excluding carboxylic acids is 1. The topological polar surface area (TPSA) is 118 Å². The Balaban J connectivity index is 1.47. The maximum atomic E-state index is 14.6. The lowest BCUT2D eigenvalue weighted by atomic mass is 9.77. The van der Waals surface area contributed by atoms with Gasteiger partial charge in [-0.05, 0) is 93.6 Å². The highest BCUT2D eigenvalue weighted by atomic mass is 19.4. The van der Waals surface area contributed by atoms with Gasteiger partial charge in [0.15, 0.2) is 11.3 Å². The summed E-state index contributed by atoms with van der Waals surface area (Å²) in [5.41, 5.74) is -0.577. The van der Waals surface area contributed by atoms with E-state index in [4.69, 9.17) is 9.98 Å². The molecule has 4 aliphatic heterocycles. The Kier molecular flexibility index (Phi) is 6.19. The number of halogens is 3. The van der Waals surface area contributed by atoms with Crippen molar-refractivity contribution in [3.05, 3.63) is 118 Å². The van der Waals surface area contributed by atoms with Crippen LogP contribution in [0, 0.1) is 12.3 Å². The number of ether oxygens (including phenoxy) is 1. The molecular formula is C33H26F3N7O2. The SMILES string of the molecule is Cc1ncc(C23C=CC(=N2)C=c2ccc([nH]2)=CC2=NC(=CC4(c5ccc(OC(F)(F)F)cn5)NC(=C3)C(C)(C)C4=O)C=C2)cn1. The molecule has 2 atom stereocenters. The zero-order valence-electron chi connectivity index (χ0n) is 24.3. The predicted octanol–water partition coefficient (Wildman–Crippen LogP) is 3.76. The number of aromatic amines is 1.